The average Bonchev–Trinajstić information content (AvgIpc) is 3.25. The number of aromatic amines is 1. The van der Waals surface area contributed by atoms with E-state index < -0.39 is 11.7 Å². The highest BCUT2D eigenvalue weighted by Crippen LogP contribution is 2.29. The molecule has 0 fully saturated rings. The van der Waals surface area contributed by atoms with Crippen LogP contribution in [0.4, 0.5) is 18.9 Å². The second-order valence-corrected chi connectivity index (χ2v) is 7.46. The van der Waals surface area contributed by atoms with E-state index in [9.17, 15) is 18.0 Å². The number of hydrogen-bond acceptors (Lipinski definition) is 3. The van der Waals surface area contributed by atoms with Crippen LogP contribution in [0.25, 0.3) is 11.0 Å². The van der Waals surface area contributed by atoms with Crippen molar-refractivity contribution < 1.29 is 18.0 Å². The molecule has 3 N–H and O–H groups in total. The Morgan fingerprint density at radius 3 is 2.62 bits per heavy atom. The maximum atomic E-state index is 12.9. The number of pyridine rings is 1. The zero-order valence-corrected chi connectivity index (χ0v) is 17.3. The summed E-state index contributed by atoms with van der Waals surface area (Å²) in [6.45, 7) is 0.257. The van der Waals surface area contributed by atoms with Gasteiger partial charge in [-0.2, -0.15) is 13.2 Å². The Kier molecular flexibility index (Phi) is 5.91. The lowest BCUT2D eigenvalue weighted by atomic mass is 10.1. The number of aromatic nitrogens is 2. The fourth-order valence-electron chi connectivity index (χ4n) is 3.16. The number of hydrogen-bond donors (Lipinski definition) is 3. The molecule has 2 heterocycles. The first-order chi connectivity index (χ1) is 15.3. The van der Waals surface area contributed by atoms with Crippen molar-refractivity contribution in [2.75, 3.05) is 5.32 Å². The summed E-state index contributed by atoms with van der Waals surface area (Å²) in [4.78, 5) is 20.1. The van der Waals surface area contributed by atoms with Gasteiger partial charge in [-0.05, 0) is 42.0 Å². The molecule has 4 aromatic rings. The fraction of sp³-hybridized carbons (Fsp3) is 0.0870. The predicted octanol–water partition coefficient (Wildman–Crippen LogP) is 5.30. The molecule has 0 aliphatic rings. The van der Waals surface area contributed by atoms with Gasteiger partial charge < -0.3 is 15.6 Å². The molecule has 0 radical (unpaired) electrons. The number of halogens is 3. The van der Waals surface area contributed by atoms with Crippen molar-refractivity contribution in [2.24, 2.45) is 0 Å². The second kappa shape index (κ2) is 8.80. The zero-order valence-electron chi connectivity index (χ0n) is 16.5. The number of alkyl halides is 3. The smallest absolute Gasteiger partial charge is 0.372 e. The number of fused-ring (bicyclic) bond motifs is 1. The summed E-state index contributed by atoms with van der Waals surface area (Å²) in [5.41, 5.74) is 2.00. The number of amides is 1. The Bertz CT molecular complexity index is 1300. The van der Waals surface area contributed by atoms with Crippen LogP contribution in [0.15, 0.2) is 73.1 Å². The van der Waals surface area contributed by atoms with E-state index in [4.69, 9.17) is 12.2 Å². The predicted molar refractivity (Wildman–Crippen MR) is 120 cm³/mol. The van der Waals surface area contributed by atoms with E-state index in [0.717, 1.165) is 28.7 Å². The molecule has 9 heteroatoms. The maximum Gasteiger partial charge on any atom is 0.416 e. The summed E-state index contributed by atoms with van der Waals surface area (Å²) in [5, 5.41) is 6.63. The van der Waals surface area contributed by atoms with Gasteiger partial charge in [-0.1, -0.05) is 36.5 Å². The number of thiocarbonyl (C=S) groups is 1. The van der Waals surface area contributed by atoms with E-state index in [2.05, 4.69) is 20.6 Å². The molecule has 0 aliphatic heterocycles. The normalized spacial score (nSPS) is 11.3. The fourth-order valence-corrected chi connectivity index (χ4v) is 3.35. The zero-order chi connectivity index (χ0) is 22.7. The summed E-state index contributed by atoms with van der Waals surface area (Å²) in [7, 11) is 0. The van der Waals surface area contributed by atoms with Crippen LogP contribution in [-0.2, 0) is 12.7 Å². The van der Waals surface area contributed by atoms with Crippen LogP contribution < -0.4 is 10.6 Å². The minimum atomic E-state index is -4.44. The van der Waals surface area contributed by atoms with Gasteiger partial charge in [-0.25, -0.2) is 4.98 Å². The largest absolute Gasteiger partial charge is 0.416 e. The summed E-state index contributed by atoms with van der Waals surface area (Å²) in [6.07, 6.45) is -1.10. The Morgan fingerprint density at radius 2 is 1.81 bits per heavy atom. The third-order valence-electron chi connectivity index (χ3n) is 4.75. The lowest BCUT2D eigenvalue weighted by molar-refractivity contribution is -0.137. The van der Waals surface area contributed by atoms with Crippen molar-refractivity contribution in [3.63, 3.8) is 0 Å². The lowest BCUT2D eigenvalue weighted by Crippen LogP contribution is -2.22. The summed E-state index contributed by atoms with van der Waals surface area (Å²) >= 11 is 5.24. The van der Waals surface area contributed by atoms with Crippen LogP contribution in [0, 0.1) is 0 Å². The van der Waals surface area contributed by atoms with Crippen LogP contribution in [0.3, 0.4) is 0 Å². The highest BCUT2D eigenvalue weighted by Gasteiger charge is 2.30. The van der Waals surface area contributed by atoms with Crippen molar-refractivity contribution in [1.82, 2.24) is 15.3 Å². The SMILES string of the molecule is O=C(Nc1cnc2[nH]ccc2c1)c1cccc(CNC(=S)c2cccc(C(F)(F)F)c2)c1. The number of nitrogens with zero attached hydrogens (tertiary/aromatic N) is 1. The van der Waals surface area contributed by atoms with E-state index in [1.54, 1.807) is 36.7 Å². The summed E-state index contributed by atoms with van der Waals surface area (Å²) in [5.74, 6) is -0.302. The number of rotatable bonds is 5. The van der Waals surface area contributed by atoms with Crippen LogP contribution >= 0.6 is 12.2 Å². The number of H-pyrrole nitrogens is 1. The quantitative estimate of drug-likeness (QED) is 0.358. The van der Waals surface area contributed by atoms with Crippen molar-refractivity contribution in [1.29, 1.82) is 0 Å². The number of nitrogens with one attached hydrogen (secondary N) is 3. The van der Waals surface area contributed by atoms with E-state index in [0.29, 0.717) is 11.3 Å². The minimum absolute atomic E-state index is 0.192. The van der Waals surface area contributed by atoms with Crippen LogP contribution in [0.2, 0.25) is 0 Å². The molecule has 5 nitrogen and oxygen atoms in total. The Hall–Kier alpha value is -3.72. The first kappa shape index (κ1) is 21.5. The van der Waals surface area contributed by atoms with Gasteiger partial charge in [-0.15, -0.1) is 0 Å². The molecule has 0 saturated heterocycles. The molecule has 162 valence electrons. The third kappa shape index (κ3) is 4.94. The number of carbonyl (C=O) groups excluding carboxylic acids is 1. The molecule has 2 aromatic carbocycles. The highest BCUT2D eigenvalue weighted by atomic mass is 32.1. The number of carbonyl (C=O) groups is 1. The Labute approximate surface area is 186 Å². The molecular weight excluding hydrogens is 437 g/mol. The number of benzene rings is 2. The Morgan fingerprint density at radius 1 is 1.03 bits per heavy atom. The average molecular weight is 454 g/mol. The van der Waals surface area contributed by atoms with Gasteiger partial charge >= 0.3 is 6.18 Å². The number of anilines is 1. The Balaban J connectivity index is 1.41. The van der Waals surface area contributed by atoms with Gasteiger partial charge in [0.15, 0.2) is 0 Å². The van der Waals surface area contributed by atoms with Crippen LogP contribution in [0.1, 0.15) is 27.0 Å². The van der Waals surface area contributed by atoms with Crippen LogP contribution in [-0.4, -0.2) is 20.9 Å². The molecule has 0 bridgehead atoms. The molecule has 0 atom stereocenters. The standard InChI is InChI=1S/C23H17F3N4OS/c24-23(25,26)18-6-2-5-17(10-18)22(32)29-12-14-3-1-4-16(9-14)21(31)30-19-11-15-7-8-27-20(15)28-13-19/h1-11,13H,12H2,(H,27,28)(H,29,32)(H,30,31). The van der Waals surface area contributed by atoms with Crippen molar-refractivity contribution in [3.8, 4) is 0 Å². The molecule has 0 aliphatic carbocycles. The molecule has 4 rings (SSSR count). The van der Waals surface area contributed by atoms with E-state index >= 15 is 0 Å². The third-order valence-corrected chi connectivity index (χ3v) is 5.13. The lowest BCUT2D eigenvalue weighted by Gasteiger charge is -2.12. The van der Waals surface area contributed by atoms with Crippen molar-refractivity contribution >= 4 is 39.8 Å². The topological polar surface area (TPSA) is 69.8 Å². The second-order valence-electron chi connectivity index (χ2n) is 7.06. The van der Waals surface area contributed by atoms with Gasteiger partial charge in [0.2, 0.25) is 0 Å². The van der Waals surface area contributed by atoms with Gasteiger partial charge in [0.05, 0.1) is 17.4 Å². The molecule has 32 heavy (non-hydrogen) atoms. The minimum Gasteiger partial charge on any atom is -0.372 e. The van der Waals surface area contributed by atoms with Crippen molar-refractivity contribution in [2.45, 2.75) is 12.7 Å². The summed E-state index contributed by atoms with van der Waals surface area (Å²) in [6, 6.07) is 15.4. The highest BCUT2D eigenvalue weighted by molar-refractivity contribution is 7.80. The van der Waals surface area contributed by atoms with E-state index in [1.165, 1.54) is 12.1 Å². The molecule has 0 unspecified atom stereocenters. The van der Waals surface area contributed by atoms with E-state index in [1.807, 2.05) is 12.1 Å². The van der Waals surface area contributed by atoms with Crippen molar-refractivity contribution in [3.05, 3.63) is 95.3 Å². The monoisotopic (exact) mass is 454 g/mol. The van der Waals surface area contributed by atoms with Crippen LogP contribution in [0.5, 0.6) is 0 Å². The molecule has 1 amide bonds. The maximum absolute atomic E-state index is 12.9. The molecule has 2 aromatic heterocycles. The molecule has 0 saturated carbocycles. The molecule has 0 spiro atoms. The van der Waals surface area contributed by atoms with E-state index in [-0.39, 0.29) is 23.0 Å². The van der Waals surface area contributed by atoms with Gasteiger partial charge in [0, 0.05) is 29.3 Å². The first-order valence-corrected chi connectivity index (χ1v) is 9.99. The molecular formula is C23H17F3N4OS. The summed E-state index contributed by atoms with van der Waals surface area (Å²) < 4.78 is 38.7. The van der Waals surface area contributed by atoms with Gasteiger partial charge in [0.1, 0.15) is 10.6 Å². The first-order valence-electron chi connectivity index (χ1n) is 9.58. The van der Waals surface area contributed by atoms with Gasteiger partial charge in [0.25, 0.3) is 5.91 Å². The van der Waals surface area contributed by atoms with Gasteiger partial charge in [-0.3, -0.25) is 4.79 Å².